The Hall–Kier alpha value is -0.800. The largest absolute Gasteiger partial charge is 0.379 e. The average Bonchev–Trinajstić information content (AvgIpc) is 3.14. The van der Waals surface area contributed by atoms with Crippen LogP contribution in [0.4, 0.5) is 14.5 Å². The summed E-state index contributed by atoms with van der Waals surface area (Å²) < 4.78 is 26.7. The second kappa shape index (κ2) is 8.26. The van der Waals surface area contributed by atoms with Crippen molar-refractivity contribution in [1.29, 1.82) is 0 Å². The highest BCUT2D eigenvalue weighted by molar-refractivity contribution is 9.10. The maximum absolute atomic E-state index is 12.5. The Kier molecular flexibility index (Phi) is 6.27. The van der Waals surface area contributed by atoms with Crippen LogP contribution in [0.15, 0.2) is 28.1 Å². The molecule has 0 saturated carbocycles. The molecule has 9 heteroatoms. The van der Waals surface area contributed by atoms with E-state index in [1.165, 1.54) is 16.2 Å². The third-order valence-corrected chi connectivity index (χ3v) is 7.00. The number of anilines is 1. The van der Waals surface area contributed by atoms with Crippen molar-refractivity contribution >= 4 is 66.1 Å². The predicted octanol–water partition coefficient (Wildman–Crippen LogP) is 5.91. The topological polar surface area (TPSA) is 50.9 Å². The van der Waals surface area contributed by atoms with Crippen LogP contribution in [0.1, 0.15) is 16.2 Å². The zero-order valence-corrected chi connectivity index (χ0v) is 16.9. The molecule has 0 spiro atoms. The zero-order valence-electron chi connectivity index (χ0n) is 12.9. The van der Waals surface area contributed by atoms with Crippen molar-refractivity contribution in [3.63, 3.8) is 0 Å². The van der Waals surface area contributed by atoms with E-state index >= 15 is 0 Å². The van der Waals surface area contributed by atoms with Gasteiger partial charge >= 0.3 is 0 Å². The molecule has 0 aliphatic heterocycles. The molecule has 3 heterocycles. The first-order valence-electron chi connectivity index (χ1n) is 7.51. The number of alkyl halides is 2. The summed E-state index contributed by atoms with van der Waals surface area (Å²) in [5.74, 6) is 0. The van der Waals surface area contributed by atoms with Gasteiger partial charge in [-0.2, -0.15) is 0 Å². The number of rotatable bonds is 7. The van der Waals surface area contributed by atoms with E-state index in [0.717, 1.165) is 25.3 Å². The monoisotopic (exact) mass is 465 g/mol. The minimum absolute atomic E-state index is 0.321. The van der Waals surface area contributed by atoms with Crippen molar-refractivity contribution < 1.29 is 8.78 Å². The third kappa shape index (κ3) is 4.68. The van der Waals surface area contributed by atoms with E-state index in [0.29, 0.717) is 18.1 Å². The number of nitrogens with zero attached hydrogens (tertiary/aromatic N) is 1. The number of nitrogens with two attached hydrogens (primary N) is 1. The molecule has 0 aliphatic rings. The van der Waals surface area contributed by atoms with E-state index in [4.69, 9.17) is 17.3 Å². The van der Waals surface area contributed by atoms with Gasteiger partial charge in [0.2, 0.25) is 6.43 Å². The van der Waals surface area contributed by atoms with Gasteiger partial charge in [0, 0.05) is 34.8 Å². The van der Waals surface area contributed by atoms with E-state index in [9.17, 15) is 8.78 Å². The highest BCUT2D eigenvalue weighted by Crippen LogP contribution is 2.40. The van der Waals surface area contributed by atoms with Crippen LogP contribution in [0.2, 0.25) is 5.15 Å². The second-order valence-corrected chi connectivity index (χ2v) is 8.85. The summed E-state index contributed by atoms with van der Waals surface area (Å²) in [4.78, 5) is 6.48. The van der Waals surface area contributed by atoms with Crippen molar-refractivity contribution in [2.45, 2.75) is 31.9 Å². The van der Waals surface area contributed by atoms with Crippen LogP contribution >= 0.6 is 50.2 Å². The van der Waals surface area contributed by atoms with E-state index in [2.05, 4.69) is 32.3 Å². The first-order chi connectivity index (χ1) is 11.9. The third-order valence-electron chi connectivity index (χ3n) is 3.58. The number of aromatic nitrogens is 1. The minimum Gasteiger partial charge on any atom is -0.379 e. The zero-order chi connectivity index (χ0) is 18.0. The smallest absolute Gasteiger partial charge is 0.240 e. The summed E-state index contributed by atoms with van der Waals surface area (Å²) in [6.45, 7) is 0.683. The van der Waals surface area contributed by atoms with Crippen LogP contribution in [0.5, 0.6) is 0 Å². The molecule has 3 rings (SSSR count). The van der Waals surface area contributed by atoms with Crippen LogP contribution in [-0.4, -0.2) is 17.5 Å². The first-order valence-corrected chi connectivity index (χ1v) is 10.4. The van der Waals surface area contributed by atoms with Gasteiger partial charge in [-0.15, -0.1) is 22.7 Å². The quantitative estimate of drug-likeness (QED) is 0.426. The lowest BCUT2D eigenvalue weighted by molar-refractivity contribution is 0.128. The molecule has 0 bridgehead atoms. The van der Waals surface area contributed by atoms with Crippen LogP contribution in [-0.2, 0) is 13.0 Å². The molecule has 25 heavy (non-hydrogen) atoms. The summed E-state index contributed by atoms with van der Waals surface area (Å²) >= 11 is 12.8. The molecule has 3 N–H and O–H groups in total. The van der Waals surface area contributed by atoms with E-state index < -0.39 is 12.5 Å². The number of pyridine rings is 1. The van der Waals surface area contributed by atoms with Gasteiger partial charge in [0.05, 0.1) is 20.4 Å². The van der Waals surface area contributed by atoms with Crippen molar-refractivity contribution in [2.24, 2.45) is 5.73 Å². The molecule has 3 aromatic heterocycles. The molecule has 1 atom stereocenters. The number of halogens is 4. The molecular weight excluding hydrogens is 452 g/mol. The lowest BCUT2D eigenvalue weighted by Crippen LogP contribution is -2.25. The summed E-state index contributed by atoms with van der Waals surface area (Å²) in [7, 11) is 0. The number of thiophene rings is 2. The highest BCUT2D eigenvalue weighted by Gasteiger charge is 2.19. The van der Waals surface area contributed by atoms with Crippen molar-refractivity contribution in [1.82, 2.24) is 4.98 Å². The van der Waals surface area contributed by atoms with Gasteiger partial charge in [-0.05, 0) is 33.8 Å². The summed E-state index contributed by atoms with van der Waals surface area (Å²) in [6.07, 6.45) is -2.36. The molecular formula is C16H15BrClF2N3S2. The van der Waals surface area contributed by atoms with E-state index in [-0.39, 0.29) is 6.42 Å². The van der Waals surface area contributed by atoms with Crippen LogP contribution in [0, 0.1) is 0 Å². The summed E-state index contributed by atoms with van der Waals surface area (Å²) in [5, 5.41) is 5.78. The molecule has 0 radical (unpaired) electrons. The fourth-order valence-corrected chi connectivity index (χ4v) is 5.34. The van der Waals surface area contributed by atoms with Crippen molar-refractivity contribution in [3.05, 3.63) is 43.0 Å². The number of hydrogen-bond donors (Lipinski definition) is 2. The molecule has 0 aliphatic carbocycles. The number of hydrogen-bond acceptors (Lipinski definition) is 5. The van der Waals surface area contributed by atoms with Gasteiger partial charge < -0.3 is 11.1 Å². The Morgan fingerprint density at radius 3 is 2.88 bits per heavy atom. The maximum Gasteiger partial charge on any atom is 0.240 e. The molecule has 3 nitrogen and oxygen atoms in total. The molecule has 0 saturated heterocycles. The molecule has 0 unspecified atom stereocenters. The summed E-state index contributed by atoms with van der Waals surface area (Å²) in [6, 6.07) is 5.24. The van der Waals surface area contributed by atoms with Gasteiger partial charge in [0.15, 0.2) is 0 Å². The maximum atomic E-state index is 12.5. The van der Waals surface area contributed by atoms with Crippen LogP contribution < -0.4 is 11.1 Å². The highest BCUT2D eigenvalue weighted by atomic mass is 79.9. The molecule has 3 aromatic rings. The standard InChI is InChI=1S/C16H15BrClF2N3S2/c17-14-11(4-8(21)5-13(19)20)25-16-10(6-12(18)23-15(14)16)22-7-9-2-1-3-24-9/h1-3,6,8,13H,4-5,7,21H2,(H,22,23)/t8-/m1/s1. The second-order valence-electron chi connectivity index (χ2n) is 5.53. The Balaban J connectivity index is 1.88. The fourth-order valence-electron chi connectivity index (χ4n) is 2.46. The SMILES string of the molecule is N[C@H](Cc1sc2c(NCc3cccs3)cc(Cl)nc2c1Br)CC(F)F. The Bertz CT molecular complexity index is 855. The van der Waals surface area contributed by atoms with E-state index in [1.54, 1.807) is 17.4 Å². The molecule has 134 valence electrons. The predicted molar refractivity (Wildman–Crippen MR) is 106 cm³/mol. The van der Waals surface area contributed by atoms with Crippen LogP contribution in [0.3, 0.4) is 0 Å². The van der Waals surface area contributed by atoms with Crippen LogP contribution in [0.25, 0.3) is 10.2 Å². The number of nitrogens with one attached hydrogen (secondary N) is 1. The average molecular weight is 467 g/mol. The van der Waals surface area contributed by atoms with Gasteiger partial charge in [-0.1, -0.05) is 17.7 Å². The van der Waals surface area contributed by atoms with Gasteiger partial charge in [-0.25, -0.2) is 13.8 Å². The number of fused-ring (bicyclic) bond motifs is 1. The Morgan fingerprint density at radius 1 is 1.40 bits per heavy atom. The lowest BCUT2D eigenvalue weighted by Gasteiger charge is -2.09. The summed E-state index contributed by atoms with van der Waals surface area (Å²) in [5.41, 5.74) is 7.44. The fraction of sp³-hybridized carbons (Fsp3) is 0.312. The molecule has 0 amide bonds. The van der Waals surface area contributed by atoms with Gasteiger partial charge in [0.25, 0.3) is 0 Å². The normalized spacial score (nSPS) is 12.9. The molecule has 0 aromatic carbocycles. The van der Waals surface area contributed by atoms with Gasteiger partial charge in [-0.3, -0.25) is 0 Å². The Labute approximate surface area is 165 Å². The van der Waals surface area contributed by atoms with Crippen molar-refractivity contribution in [2.75, 3.05) is 5.32 Å². The lowest BCUT2D eigenvalue weighted by atomic mass is 10.1. The van der Waals surface area contributed by atoms with Crippen molar-refractivity contribution in [3.8, 4) is 0 Å². The first kappa shape index (κ1) is 19.0. The Morgan fingerprint density at radius 2 is 2.20 bits per heavy atom. The minimum atomic E-state index is -2.40. The van der Waals surface area contributed by atoms with Gasteiger partial charge in [0.1, 0.15) is 5.15 Å². The van der Waals surface area contributed by atoms with E-state index in [1.807, 2.05) is 11.4 Å². The molecule has 0 fully saturated rings.